The summed E-state index contributed by atoms with van der Waals surface area (Å²) in [6, 6.07) is 0. The molecule has 4 N–H and O–H groups in total. The third-order valence-electron chi connectivity index (χ3n) is 3.08. The molecule has 0 aliphatic rings. The van der Waals surface area contributed by atoms with Crippen LogP contribution in [0.15, 0.2) is 0 Å². The number of nitrogens with zero attached hydrogens (tertiary/aromatic N) is 2. The van der Waals surface area contributed by atoms with Crippen LogP contribution in [-0.2, 0) is 6.42 Å². The van der Waals surface area contributed by atoms with Crippen LogP contribution in [0.3, 0.4) is 0 Å². The van der Waals surface area contributed by atoms with Gasteiger partial charge in [0.2, 0.25) is 5.82 Å². The van der Waals surface area contributed by atoms with E-state index in [9.17, 15) is 4.79 Å². The van der Waals surface area contributed by atoms with Crippen LogP contribution in [-0.4, -0.2) is 33.2 Å². The molecular formula is C11H21N5O. The van der Waals surface area contributed by atoms with Crippen molar-refractivity contribution in [1.82, 2.24) is 20.5 Å². The lowest BCUT2D eigenvalue weighted by Gasteiger charge is -2.26. The standard InChI is InChI=1S/C11H21N5O/c1-4-8-14-9(16-15-8)10(17)13-7-11(12,5-2)6-3/h4-7,12H2,1-3H3,(H,13,17)(H,14,15,16). The zero-order valence-corrected chi connectivity index (χ0v) is 10.7. The number of H-pyrrole nitrogens is 1. The number of aromatic nitrogens is 3. The van der Waals surface area contributed by atoms with Gasteiger partial charge in [0.15, 0.2) is 0 Å². The molecule has 1 rings (SSSR count). The number of hydrogen-bond acceptors (Lipinski definition) is 4. The summed E-state index contributed by atoms with van der Waals surface area (Å²) in [6.45, 7) is 6.41. The Morgan fingerprint density at radius 2 is 2.06 bits per heavy atom. The number of carbonyl (C=O) groups is 1. The summed E-state index contributed by atoms with van der Waals surface area (Å²) < 4.78 is 0. The first-order valence-corrected chi connectivity index (χ1v) is 6.03. The molecule has 17 heavy (non-hydrogen) atoms. The maximum atomic E-state index is 11.7. The Morgan fingerprint density at radius 1 is 1.41 bits per heavy atom. The van der Waals surface area contributed by atoms with E-state index in [-0.39, 0.29) is 17.3 Å². The normalized spacial score (nSPS) is 11.5. The predicted molar refractivity (Wildman–Crippen MR) is 65.6 cm³/mol. The summed E-state index contributed by atoms with van der Waals surface area (Å²) in [6.07, 6.45) is 2.36. The minimum absolute atomic E-state index is 0.177. The Labute approximate surface area is 101 Å². The highest BCUT2D eigenvalue weighted by atomic mass is 16.2. The summed E-state index contributed by atoms with van der Waals surface area (Å²) in [4.78, 5) is 15.8. The van der Waals surface area contributed by atoms with Crippen molar-refractivity contribution in [3.8, 4) is 0 Å². The Hall–Kier alpha value is -1.43. The zero-order chi connectivity index (χ0) is 12.9. The Kier molecular flexibility index (Phi) is 4.62. The number of nitrogens with one attached hydrogen (secondary N) is 2. The summed E-state index contributed by atoms with van der Waals surface area (Å²) in [5.74, 6) is 0.606. The van der Waals surface area contributed by atoms with E-state index in [1.54, 1.807) is 0 Å². The maximum absolute atomic E-state index is 11.7. The molecule has 0 fully saturated rings. The van der Waals surface area contributed by atoms with Crippen molar-refractivity contribution in [2.75, 3.05) is 6.54 Å². The SMILES string of the molecule is CCc1nc(C(=O)NCC(N)(CC)CC)n[nH]1. The highest BCUT2D eigenvalue weighted by molar-refractivity contribution is 5.90. The molecule has 6 nitrogen and oxygen atoms in total. The molecule has 1 amide bonds. The number of hydrogen-bond donors (Lipinski definition) is 3. The third-order valence-corrected chi connectivity index (χ3v) is 3.08. The Bertz CT molecular complexity index is 370. The molecule has 0 saturated heterocycles. The van der Waals surface area contributed by atoms with Crippen LogP contribution in [0.25, 0.3) is 0 Å². The van der Waals surface area contributed by atoms with E-state index >= 15 is 0 Å². The van der Waals surface area contributed by atoms with Crippen LogP contribution in [0.1, 0.15) is 50.1 Å². The van der Waals surface area contributed by atoms with Gasteiger partial charge in [-0.25, -0.2) is 4.98 Å². The minimum atomic E-state index is -0.348. The van der Waals surface area contributed by atoms with Crippen LogP contribution in [0.2, 0.25) is 0 Å². The number of amides is 1. The van der Waals surface area contributed by atoms with Gasteiger partial charge in [0.1, 0.15) is 5.82 Å². The topological polar surface area (TPSA) is 96.7 Å². The second-order valence-electron chi connectivity index (χ2n) is 4.21. The van der Waals surface area contributed by atoms with Crippen molar-refractivity contribution >= 4 is 5.91 Å². The molecule has 96 valence electrons. The molecule has 0 aliphatic heterocycles. The van der Waals surface area contributed by atoms with Gasteiger partial charge in [-0.2, -0.15) is 0 Å². The van der Waals surface area contributed by atoms with Crippen molar-refractivity contribution in [2.45, 2.75) is 45.6 Å². The van der Waals surface area contributed by atoms with Gasteiger partial charge in [-0.1, -0.05) is 20.8 Å². The molecule has 0 aliphatic carbocycles. The average Bonchev–Trinajstić information content (AvgIpc) is 2.84. The van der Waals surface area contributed by atoms with E-state index in [0.29, 0.717) is 12.4 Å². The van der Waals surface area contributed by atoms with Gasteiger partial charge in [-0.15, -0.1) is 5.10 Å². The van der Waals surface area contributed by atoms with Crippen molar-refractivity contribution < 1.29 is 4.79 Å². The highest BCUT2D eigenvalue weighted by Crippen LogP contribution is 2.09. The summed E-state index contributed by atoms with van der Waals surface area (Å²) in [7, 11) is 0. The van der Waals surface area contributed by atoms with Crippen LogP contribution >= 0.6 is 0 Å². The molecular weight excluding hydrogens is 218 g/mol. The smallest absolute Gasteiger partial charge is 0.291 e. The van der Waals surface area contributed by atoms with E-state index in [1.165, 1.54) is 0 Å². The van der Waals surface area contributed by atoms with Gasteiger partial charge in [-0.3, -0.25) is 9.89 Å². The fourth-order valence-corrected chi connectivity index (χ4v) is 1.39. The van der Waals surface area contributed by atoms with E-state index < -0.39 is 0 Å². The van der Waals surface area contributed by atoms with Crippen molar-refractivity contribution in [2.24, 2.45) is 5.73 Å². The number of aryl methyl sites for hydroxylation is 1. The largest absolute Gasteiger partial charge is 0.347 e. The van der Waals surface area contributed by atoms with Crippen LogP contribution in [0, 0.1) is 0 Å². The lowest BCUT2D eigenvalue weighted by Crippen LogP contribution is -2.49. The molecule has 0 bridgehead atoms. The molecule has 0 radical (unpaired) electrons. The van der Waals surface area contributed by atoms with Gasteiger partial charge >= 0.3 is 0 Å². The monoisotopic (exact) mass is 239 g/mol. The first-order valence-electron chi connectivity index (χ1n) is 6.03. The molecule has 0 saturated carbocycles. The van der Waals surface area contributed by atoms with Crippen LogP contribution < -0.4 is 11.1 Å². The van der Waals surface area contributed by atoms with E-state index in [2.05, 4.69) is 20.5 Å². The van der Waals surface area contributed by atoms with Crippen molar-refractivity contribution in [3.05, 3.63) is 11.6 Å². The summed E-state index contributed by atoms with van der Waals surface area (Å²) in [5, 5.41) is 9.33. The quantitative estimate of drug-likeness (QED) is 0.677. The average molecular weight is 239 g/mol. The van der Waals surface area contributed by atoms with E-state index in [0.717, 1.165) is 19.3 Å². The van der Waals surface area contributed by atoms with E-state index in [4.69, 9.17) is 5.73 Å². The Balaban J connectivity index is 2.55. The van der Waals surface area contributed by atoms with Crippen molar-refractivity contribution in [3.63, 3.8) is 0 Å². The lowest BCUT2D eigenvalue weighted by molar-refractivity contribution is 0.0932. The zero-order valence-electron chi connectivity index (χ0n) is 10.7. The summed E-state index contributed by atoms with van der Waals surface area (Å²) in [5.41, 5.74) is 5.74. The molecule has 6 heteroatoms. The second kappa shape index (κ2) is 5.77. The molecule has 0 unspecified atom stereocenters. The fourth-order valence-electron chi connectivity index (χ4n) is 1.39. The molecule has 1 heterocycles. The number of aromatic amines is 1. The molecule has 0 aromatic carbocycles. The van der Waals surface area contributed by atoms with Crippen LogP contribution in [0.5, 0.6) is 0 Å². The molecule has 1 aromatic heterocycles. The molecule has 0 spiro atoms. The van der Waals surface area contributed by atoms with E-state index in [1.807, 2.05) is 20.8 Å². The van der Waals surface area contributed by atoms with Crippen molar-refractivity contribution in [1.29, 1.82) is 0 Å². The number of carbonyl (C=O) groups excluding carboxylic acids is 1. The van der Waals surface area contributed by atoms with Gasteiger partial charge in [0, 0.05) is 18.5 Å². The van der Waals surface area contributed by atoms with Gasteiger partial charge in [0.05, 0.1) is 0 Å². The van der Waals surface area contributed by atoms with Gasteiger partial charge in [-0.05, 0) is 12.8 Å². The summed E-state index contributed by atoms with van der Waals surface area (Å²) >= 11 is 0. The van der Waals surface area contributed by atoms with Crippen LogP contribution in [0.4, 0.5) is 0 Å². The number of rotatable bonds is 6. The van der Waals surface area contributed by atoms with Gasteiger partial charge in [0.25, 0.3) is 5.91 Å². The number of nitrogens with two attached hydrogens (primary N) is 1. The van der Waals surface area contributed by atoms with Gasteiger partial charge < -0.3 is 11.1 Å². The lowest BCUT2D eigenvalue weighted by atomic mass is 9.94. The maximum Gasteiger partial charge on any atom is 0.291 e. The first-order chi connectivity index (χ1) is 8.04. The second-order valence-corrected chi connectivity index (χ2v) is 4.21. The molecule has 0 atom stereocenters. The minimum Gasteiger partial charge on any atom is -0.347 e. The third kappa shape index (κ3) is 3.52. The Morgan fingerprint density at radius 3 is 2.53 bits per heavy atom. The predicted octanol–water partition coefficient (Wildman–Crippen LogP) is 0.614. The highest BCUT2D eigenvalue weighted by Gasteiger charge is 2.22. The first kappa shape index (κ1) is 13.6. The fraction of sp³-hybridized carbons (Fsp3) is 0.727. The molecule has 1 aromatic rings.